The molecule has 0 unspecified atom stereocenters. The van der Waals surface area contributed by atoms with Crippen LogP contribution in [-0.4, -0.2) is 9.97 Å². The Morgan fingerprint density at radius 3 is 2.52 bits per heavy atom. The lowest BCUT2D eigenvalue weighted by Gasteiger charge is -2.10. The molecule has 0 spiro atoms. The molecule has 1 heterocycles. The molecule has 2 rings (SSSR count). The molecule has 0 radical (unpaired) electrons. The van der Waals surface area contributed by atoms with Crippen molar-refractivity contribution in [2.24, 2.45) is 5.92 Å². The Morgan fingerprint density at radius 1 is 1.24 bits per heavy atom. The summed E-state index contributed by atoms with van der Waals surface area (Å²) in [5.41, 5.74) is 6.98. The number of nitrogens with zero attached hydrogens (tertiary/aromatic N) is 2. The van der Waals surface area contributed by atoms with Crippen molar-refractivity contribution in [3.05, 3.63) is 45.2 Å². The van der Waals surface area contributed by atoms with Gasteiger partial charge in [0.15, 0.2) is 0 Å². The second-order valence-corrected chi connectivity index (χ2v) is 7.25. The summed E-state index contributed by atoms with van der Waals surface area (Å²) < 4.78 is 13.8. The zero-order chi connectivity index (χ0) is 15.4. The molecule has 0 saturated carbocycles. The molecule has 0 aliphatic rings. The molecule has 0 aliphatic heterocycles. The minimum atomic E-state index is -0.228. The van der Waals surface area contributed by atoms with E-state index in [1.807, 2.05) is 0 Å². The van der Waals surface area contributed by atoms with Gasteiger partial charge in [-0.05, 0) is 59.2 Å². The van der Waals surface area contributed by atoms with Crippen LogP contribution in [0.1, 0.15) is 25.4 Å². The highest BCUT2D eigenvalue weighted by molar-refractivity contribution is 14.1. The van der Waals surface area contributed by atoms with Gasteiger partial charge in [-0.15, -0.1) is 11.8 Å². The molecule has 2 aromatic rings. The molecule has 3 nitrogen and oxygen atoms in total. The smallest absolute Gasteiger partial charge is 0.141 e. The Hall–Kier alpha value is -0.890. The van der Waals surface area contributed by atoms with Crippen LogP contribution >= 0.6 is 34.4 Å². The van der Waals surface area contributed by atoms with Gasteiger partial charge in [0.05, 0.1) is 15.0 Å². The average Bonchev–Trinajstić information content (AvgIpc) is 2.43. The van der Waals surface area contributed by atoms with Gasteiger partial charge < -0.3 is 5.73 Å². The van der Waals surface area contributed by atoms with Crippen LogP contribution in [0.15, 0.2) is 29.2 Å². The van der Waals surface area contributed by atoms with E-state index in [1.165, 1.54) is 12.1 Å². The largest absolute Gasteiger partial charge is 0.383 e. The van der Waals surface area contributed by atoms with Gasteiger partial charge in [-0.2, -0.15) is 0 Å². The van der Waals surface area contributed by atoms with Crippen LogP contribution in [0.3, 0.4) is 0 Å². The highest BCUT2D eigenvalue weighted by Gasteiger charge is 2.11. The van der Waals surface area contributed by atoms with Crippen molar-refractivity contribution in [3.8, 4) is 0 Å². The van der Waals surface area contributed by atoms with E-state index in [0.717, 1.165) is 26.4 Å². The molecule has 0 aliphatic carbocycles. The van der Waals surface area contributed by atoms with Gasteiger partial charge in [-0.3, -0.25) is 0 Å². The van der Waals surface area contributed by atoms with Crippen molar-refractivity contribution < 1.29 is 4.39 Å². The number of benzene rings is 1. The number of anilines is 1. The summed E-state index contributed by atoms with van der Waals surface area (Å²) in [6.07, 6.45) is 0.888. The Bertz CT molecular complexity index is 617. The molecule has 112 valence electrons. The van der Waals surface area contributed by atoms with Crippen LogP contribution in [0.2, 0.25) is 0 Å². The van der Waals surface area contributed by atoms with Crippen LogP contribution in [-0.2, 0) is 12.2 Å². The zero-order valence-electron chi connectivity index (χ0n) is 11.9. The van der Waals surface area contributed by atoms with E-state index in [1.54, 1.807) is 23.9 Å². The fourth-order valence-corrected chi connectivity index (χ4v) is 3.05. The standard InChI is InChI=1S/C15H17FIN3S/c1-9(2)7-12-14(17)15(18)20-13(19-12)8-21-11-5-3-10(16)4-6-11/h3-6,9H,7-8H2,1-2H3,(H2,18,19,20). The molecule has 1 aromatic carbocycles. The van der Waals surface area contributed by atoms with E-state index in [2.05, 4.69) is 46.4 Å². The van der Waals surface area contributed by atoms with E-state index >= 15 is 0 Å². The topological polar surface area (TPSA) is 51.8 Å². The molecule has 6 heteroatoms. The number of halogens is 2. The minimum Gasteiger partial charge on any atom is -0.383 e. The SMILES string of the molecule is CC(C)Cc1nc(CSc2ccc(F)cc2)nc(N)c1I. The minimum absolute atomic E-state index is 0.228. The molecule has 21 heavy (non-hydrogen) atoms. The maximum absolute atomic E-state index is 12.9. The first-order valence-corrected chi connectivity index (χ1v) is 8.71. The summed E-state index contributed by atoms with van der Waals surface area (Å²) in [4.78, 5) is 9.94. The Balaban J connectivity index is 2.12. The lowest BCUT2D eigenvalue weighted by molar-refractivity contribution is 0.626. The number of nitrogens with two attached hydrogens (primary N) is 1. The monoisotopic (exact) mass is 417 g/mol. The van der Waals surface area contributed by atoms with E-state index in [9.17, 15) is 4.39 Å². The highest BCUT2D eigenvalue weighted by Crippen LogP contribution is 2.24. The van der Waals surface area contributed by atoms with Crippen molar-refractivity contribution >= 4 is 40.2 Å². The molecule has 0 fully saturated rings. The first kappa shape index (κ1) is 16.5. The zero-order valence-corrected chi connectivity index (χ0v) is 14.9. The van der Waals surface area contributed by atoms with E-state index < -0.39 is 0 Å². The number of thioether (sulfide) groups is 1. The van der Waals surface area contributed by atoms with Crippen molar-refractivity contribution in [2.45, 2.75) is 30.9 Å². The maximum atomic E-state index is 12.9. The molecular formula is C15H17FIN3S. The number of hydrogen-bond donors (Lipinski definition) is 1. The molecule has 0 atom stereocenters. The Kier molecular flexibility index (Phi) is 5.80. The van der Waals surface area contributed by atoms with Gasteiger partial charge in [-0.25, -0.2) is 14.4 Å². The first-order chi connectivity index (χ1) is 9.95. The predicted molar refractivity (Wildman–Crippen MR) is 93.7 cm³/mol. The van der Waals surface area contributed by atoms with Crippen LogP contribution < -0.4 is 5.73 Å². The second-order valence-electron chi connectivity index (χ2n) is 5.13. The van der Waals surface area contributed by atoms with Gasteiger partial charge >= 0.3 is 0 Å². The number of nitrogen functional groups attached to an aromatic ring is 1. The predicted octanol–water partition coefficient (Wildman–Crippen LogP) is 4.29. The van der Waals surface area contributed by atoms with E-state index in [-0.39, 0.29) is 5.82 Å². The van der Waals surface area contributed by atoms with Crippen LogP contribution in [0, 0.1) is 15.3 Å². The Morgan fingerprint density at radius 2 is 1.90 bits per heavy atom. The normalized spacial score (nSPS) is 11.1. The van der Waals surface area contributed by atoms with E-state index in [4.69, 9.17) is 5.73 Å². The molecule has 0 bridgehead atoms. The summed E-state index contributed by atoms with van der Waals surface area (Å²) >= 11 is 3.77. The summed E-state index contributed by atoms with van der Waals surface area (Å²) in [6, 6.07) is 6.42. The van der Waals surface area contributed by atoms with Crippen molar-refractivity contribution in [1.82, 2.24) is 9.97 Å². The second kappa shape index (κ2) is 7.40. The fourth-order valence-electron chi connectivity index (χ4n) is 1.83. The molecule has 1 aromatic heterocycles. The van der Waals surface area contributed by atoms with Crippen molar-refractivity contribution in [1.29, 1.82) is 0 Å². The number of rotatable bonds is 5. The fraction of sp³-hybridized carbons (Fsp3) is 0.333. The molecule has 0 saturated heterocycles. The molecule has 0 amide bonds. The van der Waals surface area contributed by atoms with Gasteiger partial charge in [0.25, 0.3) is 0 Å². The van der Waals surface area contributed by atoms with Gasteiger partial charge in [0.2, 0.25) is 0 Å². The summed E-state index contributed by atoms with van der Waals surface area (Å²) in [5, 5.41) is 0. The van der Waals surface area contributed by atoms with Gasteiger partial charge in [-0.1, -0.05) is 13.8 Å². The van der Waals surface area contributed by atoms with Crippen molar-refractivity contribution in [3.63, 3.8) is 0 Å². The Labute approximate surface area is 142 Å². The average molecular weight is 417 g/mol. The summed E-state index contributed by atoms with van der Waals surface area (Å²) in [7, 11) is 0. The summed E-state index contributed by atoms with van der Waals surface area (Å²) in [6.45, 7) is 4.31. The van der Waals surface area contributed by atoms with Crippen molar-refractivity contribution in [2.75, 3.05) is 5.73 Å². The molecule has 2 N–H and O–H groups in total. The third kappa shape index (κ3) is 4.81. The molecular weight excluding hydrogens is 400 g/mol. The van der Waals surface area contributed by atoms with Crippen LogP contribution in [0.25, 0.3) is 0 Å². The van der Waals surface area contributed by atoms with Gasteiger partial charge in [0.1, 0.15) is 17.5 Å². The quantitative estimate of drug-likeness (QED) is 0.583. The van der Waals surface area contributed by atoms with Crippen LogP contribution in [0.4, 0.5) is 10.2 Å². The summed E-state index contributed by atoms with van der Waals surface area (Å²) in [5.74, 6) is 2.17. The van der Waals surface area contributed by atoms with Crippen LogP contribution in [0.5, 0.6) is 0 Å². The third-order valence-electron chi connectivity index (χ3n) is 2.77. The number of hydrogen-bond acceptors (Lipinski definition) is 4. The number of aromatic nitrogens is 2. The lowest BCUT2D eigenvalue weighted by Crippen LogP contribution is -2.09. The van der Waals surface area contributed by atoms with E-state index in [0.29, 0.717) is 17.5 Å². The van der Waals surface area contributed by atoms with Gasteiger partial charge in [0, 0.05) is 4.90 Å². The maximum Gasteiger partial charge on any atom is 0.141 e. The highest BCUT2D eigenvalue weighted by atomic mass is 127. The lowest BCUT2D eigenvalue weighted by atomic mass is 10.1. The first-order valence-electron chi connectivity index (χ1n) is 6.65. The third-order valence-corrected chi connectivity index (χ3v) is 4.96.